The van der Waals surface area contributed by atoms with Crippen molar-refractivity contribution in [3.05, 3.63) is 22.7 Å². The second-order valence-corrected chi connectivity index (χ2v) is 6.58. The summed E-state index contributed by atoms with van der Waals surface area (Å²) >= 11 is 0. The van der Waals surface area contributed by atoms with Crippen molar-refractivity contribution in [1.29, 1.82) is 0 Å². The zero-order chi connectivity index (χ0) is 17.4. The molecule has 3 heterocycles. The minimum atomic E-state index is -0.256. The van der Waals surface area contributed by atoms with E-state index in [2.05, 4.69) is 4.98 Å². The lowest BCUT2D eigenvalue weighted by Crippen LogP contribution is -2.61. The maximum Gasteiger partial charge on any atom is 0.293 e. The van der Waals surface area contributed by atoms with E-state index in [9.17, 15) is 14.4 Å². The number of anilines is 1. The molecule has 0 bridgehead atoms. The lowest BCUT2D eigenvalue weighted by atomic mass is 10.1. The van der Waals surface area contributed by atoms with Gasteiger partial charge in [0, 0.05) is 59.1 Å². The molecule has 2 aliphatic heterocycles. The van der Waals surface area contributed by atoms with Gasteiger partial charge in [-0.25, -0.2) is 4.98 Å². The highest BCUT2D eigenvalue weighted by Gasteiger charge is 2.43. The lowest BCUT2D eigenvalue weighted by molar-refractivity contribution is -0.133. The molecule has 0 N–H and O–H groups in total. The number of rotatable bonds is 4. The van der Waals surface area contributed by atoms with E-state index in [0.29, 0.717) is 32.0 Å². The van der Waals surface area contributed by atoms with Gasteiger partial charge in [0.05, 0.1) is 12.0 Å². The Morgan fingerprint density at radius 2 is 2.00 bits per heavy atom. The first-order valence-electron chi connectivity index (χ1n) is 8.23. The highest BCUT2D eigenvalue weighted by molar-refractivity contribution is 5.89. The van der Waals surface area contributed by atoms with Crippen LogP contribution in [0.1, 0.15) is 13.3 Å². The molecule has 1 aromatic heterocycles. The SMILES string of the molecule is CCn1ccnc(N2CC(N3CC(C(=O)N(C)C)CC3=O)C2)c1=O. The van der Waals surface area contributed by atoms with Gasteiger partial charge in [0.1, 0.15) is 0 Å². The number of carbonyl (C=O) groups is 2. The number of carbonyl (C=O) groups excluding carboxylic acids is 2. The molecule has 1 unspecified atom stereocenters. The van der Waals surface area contributed by atoms with E-state index in [1.54, 1.807) is 36.0 Å². The van der Waals surface area contributed by atoms with Crippen molar-refractivity contribution in [3.63, 3.8) is 0 Å². The van der Waals surface area contributed by atoms with Crippen LogP contribution in [0.5, 0.6) is 0 Å². The van der Waals surface area contributed by atoms with Crippen LogP contribution in [0.15, 0.2) is 17.2 Å². The Labute approximate surface area is 140 Å². The van der Waals surface area contributed by atoms with Gasteiger partial charge in [0.25, 0.3) is 5.56 Å². The summed E-state index contributed by atoms with van der Waals surface area (Å²) in [7, 11) is 3.42. The quantitative estimate of drug-likeness (QED) is 0.734. The third-order valence-corrected chi connectivity index (χ3v) is 4.79. The van der Waals surface area contributed by atoms with Gasteiger partial charge >= 0.3 is 0 Å². The summed E-state index contributed by atoms with van der Waals surface area (Å²) < 4.78 is 1.61. The smallest absolute Gasteiger partial charge is 0.293 e. The molecular weight excluding hydrogens is 310 g/mol. The van der Waals surface area contributed by atoms with E-state index < -0.39 is 0 Å². The molecule has 0 radical (unpaired) electrons. The average molecular weight is 333 g/mol. The minimum Gasteiger partial charge on any atom is -0.349 e. The summed E-state index contributed by atoms with van der Waals surface area (Å²) in [5, 5.41) is 0. The Kier molecular flexibility index (Phi) is 4.29. The van der Waals surface area contributed by atoms with Gasteiger partial charge in [-0.1, -0.05) is 0 Å². The summed E-state index contributed by atoms with van der Waals surface area (Å²) in [6.07, 6.45) is 3.57. The molecule has 2 saturated heterocycles. The largest absolute Gasteiger partial charge is 0.349 e. The van der Waals surface area contributed by atoms with E-state index in [1.807, 2.05) is 11.8 Å². The summed E-state index contributed by atoms with van der Waals surface area (Å²) in [6, 6.07) is 0.0499. The summed E-state index contributed by atoms with van der Waals surface area (Å²) in [5.74, 6) is 0.196. The Hall–Kier alpha value is -2.38. The van der Waals surface area contributed by atoms with Crippen LogP contribution in [0.25, 0.3) is 0 Å². The first-order chi connectivity index (χ1) is 11.4. The van der Waals surface area contributed by atoms with Crippen LogP contribution in [-0.4, -0.2) is 70.9 Å². The van der Waals surface area contributed by atoms with E-state index in [4.69, 9.17) is 0 Å². The number of aromatic nitrogens is 2. The Bertz CT molecular complexity index is 708. The third kappa shape index (κ3) is 2.76. The van der Waals surface area contributed by atoms with Gasteiger partial charge in [0.2, 0.25) is 11.8 Å². The topological polar surface area (TPSA) is 78.8 Å². The molecule has 1 aromatic rings. The fourth-order valence-corrected chi connectivity index (χ4v) is 3.34. The maximum atomic E-state index is 12.3. The van der Waals surface area contributed by atoms with Crippen LogP contribution in [0.3, 0.4) is 0 Å². The van der Waals surface area contributed by atoms with Gasteiger partial charge in [-0.3, -0.25) is 14.4 Å². The Balaban J connectivity index is 1.64. The average Bonchev–Trinajstić information content (AvgIpc) is 2.88. The molecular formula is C16H23N5O3. The lowest BCUT2D eigenvalue weighted by Gasteiger charge is -2.44. The molecule has 2 aliphatic rings. The van der Waals surface area contributed by atoms with Crippen molar-refractivity contribution in [2.45, 2.75) is 25.9 Å². The number of nitrogens with zero attached hydrogens (tertiary/aromatic N) is 5. The molecule has 3 rings (SSSR count). The monoisotopic (exact) mass is 333 g/mol. The molecule has 0 aliphatic carbocycles. The molecule has 24 heavy (non-hydrogen) atoms. The molecule has 1 atom stereocenters. The van der Waals surface area contributed by atoms with Gasteiger partial charge in [-0.15, -0.1) is 0 Å². The van der Waals surface area contributed by atoms with Crippen LogP contribution in [0.4, 0.5) is 5.82 Å². The van der Waals surface area contributed by atoms with Crippen LogP contribution < -0.4 is 10.5 Å². The van der Waals surface area contributed by atoms with Crippen LogP contribution >= 0.6 is 0 Å². The second-order valence-electron chi connectivity index (χ2n) is 6.58. The number of hydrogen-bond acceptors (Lipinski definition) is 5. The van der Waals surface area contributed by atoms with Crippen molar-refractivity contribution in [3.8, 4) is 0 Å². The summed E-state index contributed by atoms with van der Waals surface area (Å²) in [5.41, 5.74) is -0.105. The molecule has 0 saturated carbocycles. The zero-order valence-corrected chi connectivity index (χ0v) is 14.3. The fourth-order valence-electron chi connectivity index (χ4n) is 3.34. The number of amides is 2. The number of aryl methyl sites for hydroxylation is 1. The molecule has 0 aromatic carbocycles. The van der Waals surface area contributed by atoms with Crippen LogP contribution in [0, 0.1) is 5.92 Å². The van der Waals surface area contributed by atoms with Crippen molar-refractivity contribution in [2.24, 2.45) is 5.92 Å². The number of likely N-dealkylation sites (tertiary alicyclic amines) is 1. The van der Waals surface area contributed by atoms with Gasteiger partial charge in [-0.05, 0) is 6.92 Å². The molecule has 130 valence electrons. The molecule has 8 heteroatoms. The predicted octanol–water partition coefficient (Wildman–Crippen LogP) is -0.611. The molecule has 2 fully saturated rings. The van der Waals surface area contributed by atoms with E-state index in [-0.39, 0.29) is 35.8 Å². The maximum absolute atomic E-state index is 12.3. The highest BCUT2D eigenvalue weighted by Crippen LogP contribution is 2.27. The van der Waals surface area contributed by atoms with E-state index in [1.165, 1.54) is 4.90 Å². The van der Waals surface area contributed by atoms with Crippen LogP contribution in [0.2, 0.25) is 0 Å². The van der Waals surface area contributed by atoms with E-state index >= 15 is 0 Å². The standard InChI is InChI=1S/C16H23N5O3/c1-4-19-6-5-17-14(16(19)24)20-9-12(10-20)21-8-11(7-13(21)22)15(23)18(2)3/h5-6,11-12H,4,7-10H2,1-3H3. The first-order valence-corrected chi connectivity index (χ1v) is 8.23. The summed E-state index contributed by atoms with van der Waals surface area (Å²) in [6.45, 7) is 4.16. The Morgan fingerprint density at radius 3 is 2.62 bits per heavy atom. The second kappa shape index (κ2) is 6.26. The van der Waals surface area contributed by atoms with Crippen LogP contribution in [-0.2, 0) is 16.1 Å². The molecule has 0 spiro atoms. The number of hydrogen-bond donors (Lipinski definition) is 0. The highest BCUT2D eigenvalue weighted by atomic mass is 16.2. The zero-order valence-electron chi connectivity index (χ0n) is 14.3. The van der Waals surface area contributed by atoms with Gasteiger partial charge in [-0.2, -0.15) is 0 Å². The van der Waals surface area contributed by atoms with E-state index in [0.717, 1.165) is 0 Å². The predicted molar refractivity (Wildman–Crippen MR) is 88.7 cm³/mol. The summed E-state index contributed by atoms with van der Waals surface area (Å²) in [4.78, 5) is 45.9. The third-order valence-electron chi connectivity index (χ3n) is 4.79. The fraction of sp³-hybridized carbons (Fsp3) is 0.625. The molecule has 8 nitrogen and oxygen atoms in total. The first kappa shape index (κ1) is 16.5. The van der Waals surface area contributed by atoms with Gasteiger partial charge in [0.15, 0.2) is 5.82 Å². The normalized spacial score (nSPS) is 21.1. The van der Waals surface area contributed by atoms with Crippen molar-refractivity contribution in [2.75, 3.05) is 38.6 Å². The van der Waals surface area contributed by atoms with Crippen molar-refractivity contribution in [1.82, 2.24) is 19.4 Å². The minimum absolute atomic E-state index is 0.00223. The van der Waals surface area contributed by atoms with Gasteiger partial charge < -0.3 is 19.3 Å². The van der Waals surface area contributed by atoms with Crippen molar-refractivity contribution < 1.29 is 9.59 Å². The Morgan fingerprint density at radius 1 is 1.29 bits per heavy atom. The molecule has 2 amide bonds. The van der Waals surface area contributed by atoms with Crippen molar-refractivity contribution >= 4 is 17.6 Å².